The van der Waals surface area contributed by atoms with Gasteiger partial charge in [0.05, 0.1) is 18.6 Å². The van der Waals surface area contributed by atoms with Crippen LogP contribution in [0.4, 0.5) is 0 Å². The summed E-state index contributed by atoms with van der Waals surface area (Å²) < 4.78 is 0. The van der Waals surface area contributed by atoms with Gasteiger partial charge in [0.2, 0.25) is 0 Å². The molecule has 0 radical (unpaired) electrons. The second-order valence-electron chi connectivity index (χ2n) is 2.67. The molecule has 3 N–H and O–H groups in total. The van der Waals surface area contributed by atoms with Gasteiger partial charge < -0.3 is 15.6 Å². The van der Waals surface area contributed by atoms with E-state index in [2.05, 4.69) is 15.5 Å². The zero-order chi connectivity index (χ0) is 11.1. The fourth-order valence-corrected chi connectivity index (χ4v) is 1.13. The van der Waals surface area contributed by atoms with Gasteiger partial charge in [-0.15, -0.1) is 0 Å². The Morgan fingerprint density at radius 2 is 0.933 bits per heavy atom. The van der Waals surface area contributed by atoms with Gasteiger partial charge in [-0.3, -0.25) is 0 Å². The fourth-order valence-electron chi connectivity index (χ4n) is 1.13. The van der Waals surface area contributed by atoms with Gasteiger partial charge in [0.15, 0.2) is 0 Å². The van der Waals surface area contributed by atoms with Gasteiger partial charge >= 0.3 is 0 Å². The summed E-state index contributed by atoms with van der Waals surface area (Å²) in [6, 6.07) is 4.90. The highest BCUT2D eigenvalue weighted by atomic mass is 16.4. The molecule has 0 aliphatic heterocycles. The Hall–Kier alpha value is -2.37. The molecule has 6 heteroatoms. The monoisotopic (exact) mass is 207 g/mol. The first kappa shape index (κ1) is 10.7. The van der Waals surface area contributed by atoms with Crippen LogP contribution in [0.3, 0.4) is 0 Å². The summed E-state index contributed by atoms with van der Waals surface area (Å²) in [7, 11) is 0. The lowest BCUT2D eigenvalue weighted by atomic mass is 10.1. The number of oxime groups is 3. The van der Waals surface area contributed by atoms with Crippen LogP contribution >= 0.6 is 0 Å². The molecule has 6 nitrogen and oxygen atoms in total. The lowest BCUT2D eigenvalue weighted by Gasteiger charge is -1.98. The Bertz CT molecular complexity index is 339. The molecule has 0 unspecified atom stereocenters. The van der Waals surface area contributed by atoms with Gasteiger partial charge in [-0.1, -0.05) is 15.5 Å². The molecule has 0 aromatic heterocycles. The smallest absolute Gasteiger partial charge is 0.0734 e. The number of benzene rings is 1. The van der Waals surface area contributed by atoms with Gasteiger partial charge in [0, 0.05) is 0 Å². The number of rotatable bonds is 3. The average molecular weight is 207 g/mol. The summed E-state index contributed by atoms with van der Waals surface area (Å²) in [5.74, 6) is 0. The molecule has 0 bridgehead atoms. The topological polar surface area (TPSA) is 97.8 Å². The summed E-state index contributed by atoms with van der Waals surface area (Å²) >= 11 is 0. The van der Waals surface area contributed by atoms with Gasteiger partial charge in [-0.25, -0.2) is 0 Å². The molecular formula is C9H9N3O3. The van der Waals surface area contributed by atoms with Crippen LogP contribution in [0.5, 0.6) is 0 Å². The third-order valence-electron chi connectivity index (χ3n) is 1.62. The molecule has 15 heavy (non-hydrogen) atoms. The molecule has 0 spiro atoms. The predicted octanol–water partition coefficient (Wildman–Crippen LogP) is 1.11. The molecule has 0 atom stereocenters. The van der Waals surface area contributed by atoms with Crippen molar-refractivity contribution in [3.8, 4) is 0 Å². The normalized spacial score (nSPS) is 12.0. The van der Waals surface area contributed by atoms with Gasteiger partial charge in [-0.05, 0) is 34.9 Å². The highest BCUT2D eigenvalue weighted by Gasteiger charge is 1.97. The maximum atomic E-state index is 8.36. The van der Waals surface area contributed by atoms with Crippen LogP contribution < -0.4 is 0 Å². The maximum absolute atomic E-state index is 8.36. The summed E-state index contributed by atoms with van der Waals surface area (Å²) in [5.41, 5.74) is 1.76. The maximum Gasteiger partial charge on any atom is 0.0734 e. The molecule has 0 aliphatic carbocycles. The van der Waals surface area contributed by atoms with Crippen molar-refractivity contribution in [2.75, 3.05) is 0 Å². The molecule has 0 fully saturated rings. The van der Waals surface area contributed by atoms with E-state index in [1.807, 2.05) is 0 Å². The van der Waals surface area contributed by atoms with E-state index in [0.717, 1.165) is 0 Å². The van der Waals surface area contributed by atoms with Crippen LogP contribution in [0.15, 0.2) is 33.7 Å². The van der Waals surface area contributed by atoms with E-state index in [1.54, 1.807) is 18.2 Å². The first-order chi connectivity index (χ1) is 7.30. The van der Waals surface area contributed by atoms with Crippen molar-refractivity contribution in [3.05, 3.63) is 34.9 Å². The van der Waals surface area contributed by atoms with Gasteiger partial charge in [0.25, 0.3) is 0 Å². The molecule has 1 aromatic carbocycles. The largest absolute Gasteiger partial charge is 0.411 e. The Labute approximate surface area is 85.5 Å². The predicted molar refractivity (Wildman–Crippen MR) is 54.6 cm³/mol. The van der Waals surface area contributed by atoms with Crippen LogP contribution in [-0.4, -0.2) is 34.3 Å². The summed E-state index contributed by atoms with van der Waals surface area (Å²) in [4.78, 5) is 0. The molecular weight excluding hydrogens is 198 g/mol. The van der Waals surface area contributed by atoms with E-state index in [1.165, 1.54) is 18.6 Å². The minimum Gasteiger partial charge on any atom is -0.411 e. The van der Waals surface area contributed by atoms with E-state index >= 15 is 0 Å². The third-order valence-corrected chi connectivity index (χ3v) is 1.62. The molecule has 0 saturated carbocycles. The summed E-state index contributed by atoms with van der Waals surface area (Å²) in [6.07, 6.45) is 3.64. The minimum atomic E-state index is 0.588. The zero-order valence-electron chi connectivity index (χ0n) is 7.65. The van der Waals surface area contributed by atoms with Crippen molar-refractivity contribution in [3.63, 3.8) is 0 Å². The van der Waals surface area contributed by atoms with Crippen molar-refractivity contribution < 1.29 is 15.6 Å². The zero-order valence-corrected chi connectivity index (χ0v) is 7.65. The number of nitrogens with zero attached hydrogens (tertiary/aromatic N) is 3. The molecule has 0 saturated heterocycles. The van der Waals surface area contributed by atoms with Crippen LogP contribution in [0.1, 0.15) is 16.7 Å². The quantitative estimate of drug-likeness (QED) is 0.393. The Kier molecular flexibility index (Phi) is 3.84. The van der Waals surface area contributed by atoms with E-state index < -0.39 is 0 Å². The second kappa shape index (κ2) is 5.38. The lowest BCUT2D eigenvalue weighted by Crippen LogP contribution is -1.92. The lowest BCUT2D eigenvalue weighted by molar-refractivity contribution is 0.322. The SMILES string of the molecule is ON=Cc1cc(C=NO)cc(C=NO)c1. The van der Waals surface area contributed by atoms with Crippen LogP contribution in [0.25, 0.3) is 0 Å². The highest BCUT2D eigenvalue weighted by Crippen LogP contribution is 2.06. The van der Waals surface area contributed by atoms with E-state index in [9.17, 15) is 0 Å². The van der Waals surface area contributed by atoms with Gasteiger partial charge in [-0.2, -0.15) is 0 Å². The molecule has 78 valence electrons. The second-order valence-corrected chi connectivity index (χ2v) is 2.67. The summed E-state index contributed by atoms with van der Waals surface area (Å²) in [6.45, 7) is 0. The fraction of sp³-hybridized carbons (Fsp3) is 0. The average Bonchev–Trinajstić information content (AvgIpc) is 2.19. The van der Waals surface area contributed by atoms with Crippen molar-refractivity contribution in [1.29, 1.82) is 0 Å². The number of hydrogen-bond donors (Lipinski definition) is 3. The Morgan fingerprint density at radius 3 is 1.13 bits per heavy atom. The van der Waals surface area contributed by atoms with E-state index in [0.29, 0.717) is 16.7 Å². The molecule has 0 aliphatic rings. The third kappa shape index (κ3) is 3.11. The van der Waals surface area contributed by atoms with Crippen molar-refractivity contribution in [1.82, 2.24) is 0 Å². The Balaban J connectivity index is 3.19. The highest BCUT2D eigenvalue weighted by molar-refractivity contribution is 5.91. The Morgan fingerprint density at radius 1 is 0.667 bits per heavy atom. The molecule has 0 amide bonds. The molecule has 1 rings (SSSR count). The van der Waals surface area contributed by atoms with E-state index in [-0.39, 0.29) is 0 Å². The van der Waals surface area contributed by atoms with Crippen LogP contribution in [-0.2, 0) is 0 Å². The summed E-state index contributed by atoms with van der Waals surface area (Å²) in [5, 5.41) is 33.7. The van der Waals surface area contributed by atoms with Crippen LogP contribution in [0, 0.1) is 0 Å². The van der Waals surface area contributed by atoms with E-state index in [4.69, 9.17) is 15.6 Å². The van der Waals surface area contributed by atoms with Crippen molar-refractivity contribution >= 4 is 18.6 Å². The van der Waals surface area contributed by atoms with Crippen LogP contribution in [0.2, 0.25) is 0 Å². The minimum absolute atomic E-state index is 0.588. The first-order valence-electron chi connectivity index (χ1n) is 3.97. The van der Waals surface area contributed by atoms with Gasteiger partial charge in [0.1, 0.15) is 0 Å². The first-order valence-corrected chi connectivity index (χ1v) is 3.97. The van der Waals surface area contributed by atoms with Crippen molar-refractivity contribution in [2.45, 2.75) is 0 Å². The molecule has 1 aromatic rings. The van der Waals surface area contributed by atoms with Crippen molar-refractivity contribution in [2.24, 2.45) is 15.5 Å². The standard InChI is InChI=1S/C9H9N3O3/c13-10-4-7-1-8(5-11-14)3-9(2-7)6-12-15/h1-6,13-15H. The molecule has 0 heterocycles. The number of hydrogen-bond acceptors (Lipinski definition) is 6.